The van der Waals surface area contributed by atoms with Crippen LogP contribution in [0.4, 0.5) is 18.9 Å². The van der Waals surface area contributed by atoms with Crippen molar-refractivity contribution in [3.63, 3.8) is 0 Å². The lowest BCUT2D eigenvalue weighted by molar-refractivity contribution is -0.835. The maximum absolute atomic E-state index is 14.7. The number of quaternary nitrogens is 1. The highest BCUT2D eigenvalue weighted by atomic mass is 19.1. The molecular formula is C42H77F3N+. The highest BCUT2D eigenvalue weighted by Gasteiger charge is 2.23. The van der Waals surface area contributed by atoms with Gasteiger partial charge in [0.2, 0.25) is 5.69 Å². The number of halogens is 3. The van der Waals surface area contributed by atoms with Crippen molar-refractivity contribution < 1.29 is 18.1 Å². The molecule has 0 fully saturated rings. The summed E-state index contributed by atoms with van der Waals surface area (Å²) in [6.45, 7) is 5.99. The van der Waals surface area contributed by atoms with E-state index in [1.165, 1.54) is 180 Å². The fourth-order valence-electron chi connectivity index (χ4n) is 7.03. The van der Waals surface area contributed by atoms with Crippen molar-refractivity contribution in [3.8, 4) is 0 Å². The molecule has 0 atom stereocenters. The monoisotopic (exact) mass is 653 g/mol. The normalized spacial score (nSPS) is 11.7. The van der Waals surface area contributed by atoms with Gasteiger partial charge in [0.05, 0.1) is 13.1 Å². The number of unbranched alkanes of at least 4 members (excludes halogenated alkanes) is 30. The lowest BCUT2D eigenvalue weighted by Gasteiger charge is -2.20. The first-order chi connectivity index (χ1) is 22.6. The maximum atomic E-state index is 14.7. The van der Waals surface area contributed by atoms with Crippen LogP contribution in [0.5, 0.6) is 0 Å². The van der Waals surface area contributed by atoms with E-state index in [1.54, 1.807) is 0 Å². The standard InChI is InChI=1S/C42H76F3N/c1-3-5-7-9-11-13-15-17-19-21-23-25-27-29-31-33-35-46(42-40(44)37-39(43)38-41(42)45)36-34-32-30-28-26-24-22-20-18-16-14-12-10-8-6-4-2/h37-38H,3-36H2,1-2H3/p+1. The predicted octanol–water partition coefficient (Wildman–Crippen LogP) is 14.1. The van der Waals surface area contributed by atoms with Gasteiger partial charge in [-0.15, -0.1) is 0 Å². The third kappa shape index (κ3) is 25.0. The van der Waals surface area contributed by atoms with Gasteiger partial charge in [-0.3, -0.25) is 4.90 Å². The molecule has 46 heavy (non-hydrogen) atoms. The number of nitrogens with one attached hydrogen (secondary N) is 1. The van der Waals surface area contributed by atoms with E-state index in [0.29, 0.717) is 0 Å². The summed E-state index contributed by atoms with van der Waals surface area (Å²) in [5.41, 5.74) is 0.0447. The summed E-state index contributed by atoms with van der Waals surface area (Å²) in [6, 6.07) is 1.69. The number of hydrogen-bond acceptors (Lipinski definition) is 0. The average molecular weight is 653 g/mol. The van der Waals surface area contributed by atoms with Crippen molar-refractivity contribution in [3.05, 3.63) is 29.6 Å². The molecule has 1 aromatic rings. The molecule has 1 aromatic carbocycles. The van der Waals surface area contributed by atoms with Crippen molar-refractivity contribution in [1.82, 2.24) is 0 Å². The Morgan fingerprint density at radius 2 is 0.565 bits per heavy atom. The Hall–Kier alpha value is -1.03. The van der Waals surface area contributed by atoms with E-state index in [2.05, 4.69) is 13.8 Å². The SMILES string of the molecule is CCCCCCCCCCCCCCCCCC[NH+](CCCCCCCCCCCCCCCCCC)c1c(F)cc(F)cc1F. The molecule has 0 radical (unpaired) electrons. The van der Waals surface area contributed by atoms with Crippen LogP contribution in [0, 0.1) is 17.5 Å². The zero-order chi connectivity index (χ0) is 33.3. The first-order valence-electron chi connectivity index (χ1n) is 20.6. The third-order valence-corrected chi connectivity index (χ3v) is 10.0. The van der Waals surface area contributed by atoms with Crippen LogP contribution in [-0.2, 0) is 0 Å². The van der Waals surface area contributed by atoms with E-state index in [-0.39, 0.29) is 5.69 Å². The number of benzene rings is 1. The first kappa shape index (κ1) is 43.0. The number of hydrogen-bond donors (Lipinski definition) is 1. The molecule has 0 aliphatic rings. The summed E-state index contributed by atoms with van der Waals surface area (Å²) in [4.78, 5) is 0.853. The highest BCUT2D eigenvalue weighted by molar-refractivity contribution is 5.33. The van der Waals surface area contributed by atoms with E-state index in [1.807, 2.05) is 0 Å². The zero-order valence-corrected chi connectivity index (χ0v) is 30.8. The van der Waals surface area contributed by atoms with Gasteiger partial charge in [-0.1, -0.05) is 194 Å². The highest BCUT2D eigenvalue weighted by Crippen LogP contribution is 2.18. The van der Waals surface area contributed by atoms with Crippen LogP contribution in [0.2, 0.25) is 0 Å². The molecule has 1 nitrogen and oxygen atoms in total. The predicted molar refractivity (Wildman–Crippen MR) is 196 cm³/mol. The van der Waals surface area contributed by atoms with E-state index >= 15 is 0 Å². The van der Waals surface area contributed by atoms with Crippen LogP contribution in [0.25, 0.3) is 0 Å². The Kier molecular flexibility index (Phi) is 30.4. The van der Waals surface area contributed by atoms with Crippen LogP contribution < -0.4 is 4.90 Å². The van der Waals surface area contributed by atoms with Crippen LogP contribution in [0.1, 0.15) is 219 Å². The second-order valence-electron chi connectivity index (χ2n) is 14.5. The molecule has 0 heterocycles. The molecule has 1 N–H and O–H groups in total. The van der Waals surface area contributed by atoms with Gasteiger partial charge in [0.1, 0.15) is 5.82 Å². The molecule has 0 saturated carbocycles. The molecule has 0 aliphatic carbocycles. The van der Waals surface area contributed by atoms with Gasteiger partial charge in [-0.2, -0.15) is 0 Å². The number of rotatable bonds is 35. The van der Waals surface area contributed by atoms with Gasteiger partial charge in [0, 0.05) is 12.1 Å². The Balaban J connectivity index is 2.14. The Bertz CT molecular complexity index is 723. The summed E-state index contributed by atoms with van der Waals surface area (Å²) in [7, 11) is 0. The summed E-state index contributed by atoms with van der Waals surface area (Å²) in [6.07, 6.45) is 42.1. The molecule has 0 aliphatic heterocycles. The van der Waals surface area contributed by atoms with Crippen molar-refractivity contribution >= 4 is 5.69 Å². The van der Waals surface area contributed by atoms with Gasteiger partial charge in [-0.25, -0.2) is 13.2 Å². The van der Waals surface area contributed by atoms with Crippen molar-refractivity contribution in [1.29, 1.82) is 0 Å². The van der Waals surface area contributed by atoms with Crippen LogP contribution in [0.3, 0.4) is 0 Å². The van der Waals surface area contributed by atoms with Gasteiger partial charge >= 0.3 is 0 Å². The molecule has 0 amide bonds. The van der Waals surface area contributed by atoms with Crippen LogP contribution >= 0.6 is 0 Å². The lowest BCUT2D eigenvalue weighted by atomic mass is 10.0. The molecule has 4 heteroatoms. The van der Waals surface area contributed by atoms with Gasteiger partial charge in [-0.05, 0) is 25.7 Å². The topological polar surface area (TPSA) is 4.44 Å². The zero-order valence-electron chi connectivity index (χ0n) is 30.8. The van der Waals surface area contributed by atoms with Crippen molar-refractivity contribution in [2.24, 2.45) is 0 Å². The summed E-state index contributed by atoms with van der Waals surface area (Å²) >= 11 is 0. The molecule has 270 valence electrons. The molecule has 1 rings (SSSR count). The van der Waals surface area contributed by atoms with E-state index in [0.717, 1.165) is 55.8 Å². The van der Waals surface area contributed by atoms with E-state index < -0.39 is 17.5 Å². The minimum absolute atomic E-state index is 0.0447. The summed E-state index contributed by atoms with van der Waals surface area (Å²) < 4.78 is 43.0. The average Bonchev–Trinajstić information content (AvgIpc) is 3.03. The van der Waals surface area contributed by atoms with E-state index in [9.17, 15) is 13.2 Å². The Morgan fingerprint density at radius 1 is 0.348 bits per heavy atom. The largest absolute Gasteiger partial charge is 0.297 e. The maximum Gasteiger partial charge on any atom is 0.203 e. The quantitative estimate of drug-likeness (QED) is 0.0696. The Morgan fingerprint density at radius 3 is 0.804 bits per heavy atom. The molecular weight excluding hydrogens is 575 g/mol. The first-order valence-corrected chi connectivity index (χ1v) is 20.6. The van der Waals surface area contributed by atoms with Gasteiger partial charge in [0.25, 0.3) is 0 Å². The minimum atomic E-state index is -0.831. The summed E-state index contributed by atoms with van der Waals surface area (Å²) in [5.74, 6) is -2.30. The Labute approximate surface area is 285 Å². The summed E-state index contributed by atoms with van der Waals surface area (Å²) in [5, 5.41) is 0. The fourth-order valence-corrected chi connectivity index (χ4v) is 7.03. The second-order valence-corrected chi connectivity index (χ2v) is 14.5. The molecule has 0 bridgehead atoms. The van der Waals surface area contributed by atoms with Crippen molar-refractivity contribution in [2.75, 3.05) is 13.1 Å². The molecule has 0 unspecified atom stereocenters. The van der Waals surface area contributed by atoms with Gasteiger partial charge in [0.15, 0.2) is 11.6 Å². The van der Waals surface area contributed by atoms with Crippen LogP contribution in [0.15, 0.2) is 12.1 Å². The third-order valence-electron chi connectivity index (χ3n) is 10.0. The van der Waals surface area contributed by atoms with Gasteiger partial charge < -0.3 is 0 Å². The lowest BCUT2D eigenvalue weighted by Crippen LogP contribution is -3.07. The molecule has 0 saturated heterocycles. The molecule has 0 aromatic heterocycles. The second kappa shape index (κ2) is 32.5. The fraction of sp³-hybridized carbons (Fsp3) is 0.857. The van der Waals surface area contributed by atoms with Crippen molar-refractivity contribution in [2.45, 2.75) is 219 Å². The smallest absolute Gasteiger partial charge is 0.203 e. The minimum Gasteiger partial charge on any atom is -0.297 e. The van der Waals surface area contributed by atoms with Crippen LogP contribution in [-0.4, -0.2) is 13.1 Å². The molecule has 0 spiro atoms. The van der Waals surface area contributed by atoms with E-state index in [4.69, 9.17) is 0 Å².